The molecule has 1 atom stereocenters. The van der Waals surface area contributed by atoms with E-state index in [2.05, 4.69) is 43.3 Å². The maximum atomic E-state index is 12.4. The maximum absolute atomic E-state index is 12.4. The zero-order valence-corrected chi connectivity index (χ0v) is 13.8. The highest BCUT2D eigenvalue weighted by Gasteiger charge is 2.28. The van der Waals surface area contributed by atoms with E-state index in [1.165, 1.54) is 12.8 Å². The summed E-state index contributed by atoms with van der Waals surface area (Å²) in [5, 5.41) is 6.09. The Labute approximate surface area is 127 Å². The Balaban J connectivity index is 2.11. The molecule has 0 aromatic carbocycles. The Hall–Kier alpha value is -1.58. The van der Waals surface area contributed by atoms with E-state index in [9.17, 15) is 4.79 Å². The molecule has 4 nitrogen and oxygen atoms in total. The third-order valence-corrected chi connectivity index (χ3v) is 4.12. The summed E-state index contributed by atoms with van der Waals surface area (Å²) in [5.41, 5.74) is 1.53. The highest BCUT2D eigenvalue weighted by Crippen LogP contribution is 2.36. The van der Waals surface area contributed by atoms with Crippen molar-refractivity contribution in [1.29, 1.82) is 0 Å². The third kappa shape index (κ3) is 4.19. The number of anilines is 1. The molecule has 1 aliphatic carbocycles. The van der Waals surface area contributed by atoms with Crippen LogP contribution in [0.1, 0.15) is 56.6 Å². The van der Waals surface area contributed by atoms with E-state index in [1.54, 1.807) is 0 Å². The summed E-state index contributed by atoms with van der Waals surface area (Å²) in [5.74, 6) is 2.11. The summed E-state index contributed by atoms with van der Waals surface area (Å²) in [4.78, 5) is 16.9. The molecule has 21 heavy (non-hydrogen) atoms. The first-order valence-electron chi connectivity index (χ1n) is 7.80. The van der Waals surface area contributed by atoms with Gasteiger partial charge in [-0.3, -0.25) is 4.79 Å². The van der Waals surface area contributed by atoms with E-state index in [4.69, 9.17) is 0 Å². The van der Waals surface area contributed by atoms with Crippen molar-refractivity contribution in [3.05, 3.63) is 23.4 Å². The van der Waals surface area contributed by atoms with Gasteiger partial charge in [0.25, 0.3) is 5.91 Å². The molecular formula is C17H27N3O. The molecular weight excluding hydrogens is 262 g/mol. The third-order valence-electron chi connectivity index (χ3n) is 4.12. The average Bonchev–Trinajstić information content (AvgIpc) is 3.27. The maximum Gasteiger partial charge on any atom is 0.251 e. The summed E-state index contributed by atoms with van der Waals surface area (Å²) >= 11 is 0. The normalized spacial score (nSPS) is 16.4. The smallest absolute Gasteiger partial charge is 0.251 e. The van der Waals surface area contributed by atoms with Crippen molar-refractivity contribution in [2.75, 3.05) is 18.9 Å². The van der Waals surface area contributed by atoms with Crippen molar-refractivity contribution in [3.8, 4) is 0 Å². The molecule has 0 saturated heterocycles. The lowest BCUT2D eigenvalue weighted by Crippen LogP contribution is -2.29. The highest BCUT2D eigenvalue weighted by molar-refractivity contribution is 5.95. The second-order valence-electron chi connectivity index (χ2n) is 7.15. The largest absolute Gasteiger partial charge is 0.373 e. The molecule has 1 aliphatic rings. The second-order valence-corrected chi connectivity index (χ2v) is 7.15. The van der Waals surface area contributed by atoms with Crippen LogP contribution >= 0.6 is 0 Å². The number of rotatable bonds is 5. The number of nitrogens with zero attached hydrogens (tertiary/aromatic N) is 1. The molecule has 0 spiro atoms. The molecule has 0 radical (unpaired) electrons. The van der Waals surface area contributed by atoms with Crippen LogP contribution in [0.25, 0.3) is 0 Å². The quantitative estimate of drug-likeness (QED) is 0.875. The molecule has 4 heteroatoms. The average molecular weight is 289 g/mol. The minimum Gasteiger partial charge on any atom is -0.373 e. The zero-order chi connectivity index (χ0) is 15.6. The predicted molar refractivity (Wildman–Crippen MR) is 86.7 cm³/mol. The van der Waals surface area contributed by atoms with E-state index in [-0.39, 0.29) is 11.3 Å². The van der Waals surface area contributed by atoms with Gasteiger partial charge in [0.15, 0.2) is 0 Å². The standard InChI is InChI=1S/C17H27N3O/c1-11(12-6-7-12)10-19-16(21)13-8-14(17(2,3)4)20-15(9-13)18-5/h8-9,11-12H,6-7,10H2,1-5H3,(H,18,20)(H,19,21). The first-order chi connectivity index (χ1) is 9.81. The van der Waals surface area contributed by atoms with Gasteiger partial charge in [-0.1, -0.05) is 27.7 Å². The summed E-state index contributed by atoms with van der Waals surface area (Å²) in [6.45, 7) is 9.28. The monoisotopic (exact) mass is 289 g/mol. The lowest BCUT2D eigenvalue weighted by Gasteiger charge is -2.20. The van der Waals surface area contributed by atoms with Crippen LogP contribution in [0.2, 0.25) is 0 Å². The molecule has 2 rings (SSSR count). The highest BCUT2D eigenvalue weighted by atomic mass is 16.1. The fourth-order valence-corrected chi connectivity index (χ4v) is 2.36. The van der Waals surface area contributed by atoms with Crippen LogP contribution in [0.15, 0.2) is 12.1 Å². The van der Waals surface area contributed by atoms with E-state index in [0.29, 0.717) is 11.5 Å². The van der Waals surface area contributed by atoms with Crippen LogP contribution in [-0.4, -0.2) is 24.5 Å². The lowest BCUT2D eigenvalue weighted by molar-refractivity contribution is 0.0946. The summed E-state index contributed by atoms with van der Waals surface area (Å²) in [6.07, 6.45) is 2.62. The number of amides is 1. The van der Waals surface area contributed by atoms with Gasteiger partial charge in [-0.05, 0) is 36.8 Å². The Morgan fingerprint density at radius 1 is 1.38 bits per heavy atom. The Morgan fingerprint density at radius 3 is 2.57 bits per heavy atom. The SMILES string of the molecule is CNc1cc(C(=O)NCC(C)C2CC2)cc(C(C)(C)C)n1. The molecule has 1 heterocycles. The van der Waals surface area contributed by atoms with Gasteiger partial charge in [0, 0.05) is 30.3 Å². The second kappa shape index (κ2) is 6.04. The van der Waals surface area contributed by atoms with Crippen molar-refractivity contribution in [3.63, 3.8) is 0 Å². The van der Waals surface area contributed by atoms with Crippen LogP contribution in [0.5, 0.6) is 0 Å². The van der Waals surface area contributed by atoms with Crippen LogP contribution in [0, 0.1) is 11.8 Å². The van der Waals surface area contributed by atoms with Gasteiger partial charge < -0.3 is 10.6 Å². The molecule has 1 saturated carbocycles. The van der Waals surface area contributed by atoms with Crippen LogP contribution in [0.4, 0.5) is 5.82 Å². The Morgan fingerprint density at radius 2 is 2.05 bits per heavy atom. The van der Waals surface area contributed by atoms with E-state index in [0.717, 1.165) is 24.0 Å². The summed E-state index contributed by atoms with van der Waals surface area (Å²) in [7, 11) is 1.83. The van der Waals surface area contributed by atoms with Gasteiger partial charge in [0.1, 0.15) is 5.82 Å². The molecule has 116 valence electrons. The van der Waals surface area contributed by atoms with Crippen molar-refractivity contribution >= 4 is 11.7 Å². The first-order valence-corrected chi connectivity index (χ1v) is 7.80. The van der Waals surface area contributed by atoms with E-state index in [1.807, 2.05) is 19.2 Å². The molecule has 1 unspecified atom stereocenters. The summed E-state index contributed by atoms with van der Waals surface area (Å²) in [6, 6.07) is 3.71. The molecule has 1 aromatic heterocycles. The zero-order valence-electron chi connectivity index (χ0n) is 13.8. The van der Waals surface area contributed by atoms with Crippen molar-refractivity contribution in [2.24, 2.45) is 11.8 Å². The predicted octanol–water partition coefficient (Wildman–Crippen LogP) is 3.20. The molecule has 1 amide bonds. The van der Waals surface area contributed by atoms with E-state index >= 15 is 0 Å². The number of nitrogens with one attached hydrogen (secondary N) is 2. The fourth-order valence-electron chi connectivity index (χ4n) is 2.36. The van der Waals surface area contributed by atoms with Gasteiger partial charge >= 0.3 is 0 Å². The number of carbonyl (C=O) groups excluding carboxylic acids is 1. The molecule has 0 bridgehead atoms. The fraction of sp³-hybridized carbons (Fsp3) is 0.647. The van der Waals surface area contributed by atoms with Crippen molar-refractivity contribution < 1.29 is 4.79 Å². The Bertz CT molecular complexity index is 515. The lowest BCUT2D eigenvalue weighted by atomic mass is 9.90. The number of hydrogen-bond acceptors (Lipinski definition) is 3. The molecule has 2 N–H and O–H groups in total. The van der Waals surface area contributed by atoms with Crippen LogP contribution < -0.4 is 10.6 Å². The van der Waals surface area contributed by atoms with Crippen LogP contribution in [0.3, 0.4) is 0 Å². The van der Waals surface area contributed by atoms with Gasteiger partial charge in [0.05, 0.1) is 0 Å². The number of carbonyl (C=O) groups is 1. The van der Waals surface area contributed by atoms with Gasteiger partial charge in [-0.15, -0.1) is 0 Å². The molecule has 1 aromatic rings. The minimum atomic E-state index is -0.0802. The van der Waals surface area contributed by atoms with Crippen molar-refractivity contribution in [1.82, 2.24) is 10.3 Å². The van der Waals surface area contributed by atoms with E-state index < -0.39 is 0 Å². The summed E-state index contributed by atoms with van der Waals surface area (Å²) < 4.78 is 0. The Kier molecular flexibility index (Phi) is 4.55. The van der Waals surface area contributed by atoms with Gasteiger partial charge in [0.2, 0.25) is 0 Å². The number of pyridine rings is 1. The number of aromatic nitrogens is 1. The topological polar surface area (TPSA) is 54.0 Å². The number of hydrogen-bond donors (Lipinski definition) is 2. The van der Waals surface area contributed by atoms with Crippen LogP contribution in [-0.2, 0) is 5.41 Å². The van der Waals surface area contributed by atoms with Gasteiger partial charge in [-0.25, -0.2) is 4.98 Å². The minimum absolute atomic E-state index is 0.00750. The van der Waals surface area contributed by atoms with Crippen molar-refractivity contribution in [2.45, 2.75) is 46.0 Å². The van der Waals surface area contributed by atoms with Gasteiger partial charge in [-0.2, -0.15) is 0 Å². The molecule has 1 fully saturated rings. The molecule has 0 aliphatic heterocycles. The first kappa shape index (κ1) is 15.8.